The van der Waals surface area contributed by atoms with Gasteiger partial charge in [-0.1, -0.05) is 17.7 Å². The molecule has 4 N–H and O–H groups in total. The minimum Gasteiger partial charge on any atom is -0.341 e. The Morgan fingerprint density at radius 1 is 1.24 bits per heavy atom. The van der Waals surface area contributed by atoms with Gasteiger partial charge in [0, 0.05) is 17.6 Å². The monoisotopic (exact) mass is 344 g/mol. The van der Waals surface area contributed by atoms with Crippen LogP contribution in [0.15, 0.2) is 58.7 Å². The molecule has 2 aliphatic rings. The number of rotatable bonds is 4. The van der Waals surface area contributed by atoms with Gasteiger partial charge >= 0.3 is 0 Å². The zero-order valence-corrected chi connectivity index (χ0v) is 13.6. The normalized spacial score (nSPS) is 18.2. The molecule has 1 aliphatic heterocycles. The van der Waals surface area contributed by atoms with E-state index in [2.05, 4.69) is 16.0 Å². The molecule has 7 heteroatoms. The molecule has 25 heavy (non-hydrogen) atoms. The Morgan fingerprint density at radius 2 is 1.92 bits per heavy atom. The van der Waals surface area contributed by atoms with Crippen molar-refractivity contribution in [3.63, 3.8) is 0 Å². The molecule has 1 aromatic rings. The van der Waals surface area contributed by atoms with E-state index in [1.54, 1.807) is 12.1 Å². The van der Waals surface area contributed by atoms with Crippen molar-refractivity contribution >= 4 is 17.8 Å². The summed E-state index contributed by atoms with van der Waals surface area (Å²) in [5.74, 6) is -0.462. The molecule has 1 fully saturated rings. The number of alkyl halides is 2. The molecule has 3 rings (SSSR count). The third-order valence-electron chi connectivity index (χ3n) is 3.91. The van der Waals surface area contributed by atoms with Crippen LogP contribution in [-0.4, -0.2) is 18.5 Å². The van der Waals surface area contributed by atoms with Crippen molar-refractivity contribution in [2.45, 2.75) is 26.2 Å². The maximum Gasteiger partial charge on any atom is 0.278 e. The number of benzene rings is 1. The zero-order valence-electron chi connectivity index (χ0n) is 13.6. The topological polar surface area (TPSA) is 77.0 Å². The van der Waals surface area contributed by atoms with Gasteiger partial charge in [0.15, 0.2) is 0 Å². The molecule has 1 aromatic carbocycles. The number of amides is 1. The van der Waals surface area contributed by atoms with Gasteiger partial charge in [-0.2, -0.15) is 0 Å². The summed E-state index contributed by atoms with van der Waals surface area (Å²) in [6.45, 7) is 1.93. The molecule has 0 aromatic heterocycles. The standard InChI is InChI=1S/C18H18F2N4O/c1-10-2-6-12(7-3-10)22-18(25)13(9-21)17-23-14(11-4-5-11)8-15(24-17)16(19)20/h2-3,6-9,16,21,23-24H,4-5H2,1H3,(H,22,25)/b17-13+,21-9?. The Kier molecular flexibility index (Phi) is 4.65. The fourth-order valence-corrected chi connectivity index (χ4v) is 2.40. The van der Waals surface area contributed by atoms with Gasteiger partial charge in [-0.05, 0) is 43.5 Å². The Hall–Kier alpha value is -2.96. The molecule has 0 unspecified atom stereocenters. The van der Waals surface area contributed by atoms with Gasteiger partial charge in [-0.25, -0.2) is 8.78 Å². The van der Waals surface area contributed by atoms with Crippen LogP contribution in [0.3, 0.4) is 0 Å². The van der Waals surface area contributed by atoms with E-state index in [1.807, 2.05) is 19.1 Å². The summed E-state index contributed by atoms with van der Waals surface area (Å²) in [4.78, 5) is 12.5. The van der Waals surface area contributed by atoms with Crippen molar-refractivity contribution in [2.24, 2.45) is 0 Å². The SMILES string of the molecule is Cc1ccc(NC(=O)/C(C=N)=C2/NC(C(F)F)=CC(=C3CC3)N2)cc1. The van der Waals surface area contributed by atoms with Crippen molar-refractivity contribution in [3.8, 4) is 0 Å². The Bertz CT molecular complexity index is 801. The second-order valence-electron chi connectivity index (χ2n) is 5.92. The summed E-state index contributed by atoms with van der Waals surface area (Å²) in [5.41, 5.74) is 2.88. The van der Waals surface area contributed by atoms with E-state index in [0.29, 0.717) is 11.4 Å². The van der Waals surface area contributed by atoms with E-state index in [9.17, 15) is 13.6 Å². The van der Waals surface area contributed by atoms with E-state index in [4.69, 9.17) is 5.41 Å². The van der Waals surface area contributed by atoms with Crippen LogP contribution >= 0.6 is 0 Å². The summed E-state index contributed by atoms with van der Waals surface area (Å²) in [5, 5.41) is 15.7. The van der Waals surface area contributed by atoms with Crippen LogP contribution in [0, 0.1) is 12.3 Å². The number of halogens is 2. The van der Waals surface area contributed by atoms with Crippen LogP contribution in [0.1, 0.15) is 18.4 Å². The molecule has 0 spiro atoms. The van der Waals surface area contributed by atoms with E-state index in [-0.39, 0.29) is 17.1 Å². The van der Waals surface area contributed by atoms with Gasteiger partial charge in [0.25, 0.3) is 12.3 Å². The van der Waals surface area contributed by atoms with E-state index >= 15 is 0 Å². The van der Waals surface area contributed by atoms with Gasteiger partial charge in [0.2, 0.25) is 0 Å². The molecule has 1 amide bonds. The first-order chi connectivity index (χ1) is 12.0. The lowest BCUT2D eigenvalue weighted by Crippen LogP contribution is -2.36. The first kappa shape index (κ1) is 16.9. The molecule has 0 saturated heterocycles. The number of anilines is 1. The highest BCUT2D eigenvalue weighted by atomic mass is 19.3. The van der Waals surface area contributed by atoms with Crippen molar-refractivity contribution in [1.82, 2.24) is 10.6 Å². The van der Waals surface area contributed by atoms with E-state index < -0.39 is 12.3 Å². The Labute approximate surface area is 144 Å². The lowest BCUT2D eigenvalue weighted by Gasteiger charge is -2.24. The maximum atomic E-state index is 13.1. The van der Waals surface area contributed by atoms with Crippen molar-refractivity contribution < 1.29 is 13.6 Å². The number of aryl methyl sites for hydroxylation is 1. The third kappa shape index (κ3) is 3.93. The summed E-state index contributed by atoms with van der Waals surface area (Å²) < 4.78 is 26.3. The van der Waals surface area contributed by atoms with Crippen LogP contribution in [0.25, 0.3) is 0 Å². The fraction of sp³-hybridized carbons (Fsp3) is 0.222. The molecular weight excluding hydrogens is 326 g/mol. The summed E-state index contributed by atoms with van der Waals surface area (Å²) in [6, 6.07) is 7.17. The van der Waals surface area contributed by atoms with Gasteiger partial charge < -0.3 is 21.4 Å². The number of hydrogen-bond acceptors (Lipinski definition) is 4. The van der Waals surface area contributed by atoms with Crippen LogP contribution in [-0.2, 0) is 4.79 Å². The average molecular weight is 344 g/mol. The average Bonchev–Trinajstić information content (AvgIpc) is 3.42. The predicted molar refractivity (Wildman–Crippen MR) is 92.2 cm³/mol. The van der Waals surface area contributed by atoms with Crippen LogP contribution < -0.4 is 16.0 Å². The smallest absolute Gasteiger partial charge is 0.278 e. The number of hydrogen-bond donors (Lipinski definition) is 4. The molecule has 1 heterocycles. The second-order valence-corrected chi connectivity index (χ2v) is 5.92. The van der Waals surface area contributed by atoms with E-state index in [0.717, 1.165) is 30.2 Å². The van der Waals surface area contributed by atoms with Gasteiger partial charge in [-0.3, -0.25) is 4.79 Å². The number of carbonyl (C=O) groups excluding carboxylic acids is 1. The maximum absolute atomic E-state index is 13.1. The summed E-state index contributed by atoms with van der Waals surface area (Å²) in [6.07, 6.45) is 1.20. The van der Waals surface area contributed by atoms with Crippen LogP contribution in [0.2, 0.25) is 0 Å². The molecule has 5 nitrogen and oxygen atoms in total. The fourth-order valence-electron chi connectivity index (χ4n) is 2.40. The Morgan fingerprint density at radius 3 is 2.48 bits per heavy atom. The highest BCUT2D eigenvalue weighted by Gasteiger charge is 2.26. The quantitative estimate of drug-likeness (QED) is 0.500. The second kappa shape index (κ2) is 6.88. The number of allylic oxidation sites excluding steroid dienone is 3. The molecule has 130 valence electrons. The van der Waals surface area contributed by atoms with Gasteiger partial charge in [0.05, 0.1) is 11.3 Å². The first-order valence-corrected chi connectivity index (χ1v) is 7.86. The molecule has 0 radical (unpaired) electrons. The zero-order chi connectivity index (χ0) is 18.0. The highest BCUT2D eigenvalue weighted by molar-refractivity contribution is 6.17. The van der Waals surface area contributed by atoms with Gasteiger partial charge in [-0.15, -0.1) is 0 Å². The van der Waals surface area contributed by atoms with E-state index in [1.165, 1.54) is 6.08 Å². The Balaban J connectivity index is 1.88. The lowest BCUT2D eigenvalue weighted by atomic mass is 10.1. The molecule has 1 saturated carbocycles. The molecule has 0 bridgehead atoms. The lowest BCUT2D eigenvalue weighted by molar-refractivity contribution is -0.112. The number of nitrogens with one attached hydrogen (secondary N) is 4. The van der Waals surface area contributed by atoms with Crippen molar-refractivity contribution in [3.05, 3.63) is 64.3 Å². The third-order valence-corrected chi connectivity index (χ3v) is 3.91. The highest BCUT2D eigenvalue weighted by Crippen LogP contribution is 2.33. The summed E-state index contributed by atoms with van der Waals surface area (Å²) in [7, 11) is 0. The van der Waals surface area contributed by atoms with Gasteiger partial charge in [0.1, 0.15) is 5.82 Å². The largest absolute Gasteiger partial charge is 0.341 e. The summed E-state index contributed by atoms with van der Waals surface area (Å²) >= 11 is 0. The van der Waals surface area contributed by atoms with Crippen molar-refractivity contribution in [2.75, 3.05) is 5.32 Å². The minimum absolute atomic E-state index is 0.0504. The molecular formula is C18H18F2N4O. The number of carbonyl (C=O) groups is 1. The minimum atomic E-state index is -2.70. The molecule has 1 aliphatic carbocycles. The van der Waals surface area contributed by atoms with Crippen molar-refractivity contribution in [1.29, 1.82) is 5.41 Å². The van der Waals surface area contributed by atoms with Crippen LogP contribution in [0.4, 0.5) is 14.5 Å². The first-order valence-electron chi connectivity index (χ1n) is 7.86. The molecule has 0 atom stereocenters. The predicted octanol–water partition coefficient (Wildman–Crippen LogP) is 3.18. The van der Waals surface area contributed by atoms with Crippen LogP contribution in [0.5, 0.6) is 0 Å².